The van der Waals surface area contributed by atoms with E-state index in [2.05, 4.69) is 36.1 Å². The van der Waals surface area contributed by atoms with E-state index >= 15 is 0 Å². The van der Waals surface area contributed by atoms with Gasteiger partial charge in [-0.1, -0.05) is 39.3 Å². The molecule has 2 atom stereocenters. The van der Waals surface area contributed by atoms with Gasteiger partial charge in [-0.3, -0.25) is 4.21 Å². The van der Waals surface area contributed by atoms with E-state index in [4.69, 9.17) is 11.6 Å². The molecule has 0 saturated heterocycles. The minimum Gasteiger partial charge on any atom is -0.370 e. The van der Waals surface area contributed by atoms with Gasteiger partial charge in [-0.2, -0.15) is 0 Å². The third-order valence-electron chi connectivity index (χ3n) is 3.17. The Labute approximate surface area is 129 Å². The third-order valence-corrected chi connectivity index (χ3v) is 4.90. The fourth-order valence-electron chi connectivity index (χ4n) is 1.56. The van der Waals surface area contributed by atoms with Crippen LogP contribution in [-0.4, -0.2) is 32.2 Å². The molecule has 6 heteroatoms. The van der Waals surface area contributed by atoms with Crippen LogP contribution in [0.2, 0.25) is 5.15 Å². The first-order valence-electron chi connectivity index (χ1n) is 6.73. The largest absolute Gasteiger partial charge is 0.370 e. The first kappa shape index (κ1) is 17.4. The van der Waals surface area contributed by atoms with Crippen molar-refractivity contribution < 1.29 is 4.21 Å². The summed E-state index contributed by atoms with van der Waals surface area (Å²) in [4.78, 5) is 8.91. The lowest BCUT2D eigenvalue weighted by molar-refractivity contribution is 0.545. The first-order valence-corrected chi connectivity index (χ1v) is 8.73. The Hall–Kier alpha value is -0.680. The maximum Gasteiger partial charge on any atom is 0.137 e. The Balaban J connectivity index is 2.84. The van der Waals surface area contributed by atoms with Gasteiger partial charge in [0, 0.05) is 39.8 Å². The molecule has 0 aliphatic rings. The summed E-state index contributed by atoms with van der Waals surface area (Å²) >= 11 is 6.18. The number of hydrogen-bond donors (Lipinski definition) is 1. The minimum absolute atomic E-state index is 0.147. The van der Waals surface area contributed by atoms with Crippen molar-refractivity contribution in [3.63, 3.8) is 0 Å². The van der Waals surface area contributed by atoms with Crippen LogP contribution in [0.25, 0.3) is 0 Å². The van der Waals surface area contributed by atoms with E-state index in [1.165, 1.54) is 0 Å². The number of hydrogen-bond acceptors (Lipinski definition) is 4. The summed E-state index contributed by atoms with van der Waals surface area (Å²) in [5.74, 6) is 1.49. The second-order valence-electron chi connectivity index (χ2n) is 6.09. The predicted octanol–water partition coefficient (Wildman–Crippen LogP) is 3.30. The molecule has 1 aromatic rings. The van der Waals surface area contributed by atoms with Crippen LogP contribution < -0.4 is 5.32 Å². The second kappa shape index (κ2) is 6.85. The molecule has 20 heavy (non-hydrogen) atoms. The molecule has 1 N–H and O–H groups in total. The quantitative estimate of drug-likeness (QED) is 0.847. The number of nitrogens with one attached hydrogen (secondary N) is 1. The minimum atomic E-state index is -0.795. The van der Waals surface area contributed by atoms with Crippen molar-refractivity contribution in [2.24, 2.45) is 0 Å². The molecule has 0 radical (unpaired) electrons. The number of halogens is 1. The zero-order valence-corrected chi connectivity index (χ0v) is 14.7. The number of nitrogens with zero attached hydrogens (tertiary/aromatic N) is 2. The fraction of sp³-hybridized carbons (Fsp3) is 0.714. The smallest absolute Gasteiger partial charge is 0.137 e. The van der Waals surface area contributed by atoms with Gasteiger partial charge < -0.3 is 5.32 Å². The highest BCUT2D eigenvalue weighted by molar-refractivity contribution is 7.84. The summed E-state index contributed by atoms with van der Waals surface area (Å²) < 4.78 is 11.3. The summed E-state index contributed by atoms with van der Waals surface area (Å²) in [6, 6.07) is 0. The standard InChI is InChI=1S/C14H24ClN3OS/c1-9(20(6)19)7-8-16-12-10(2)11(15)17-13(18-12)14(3,4)5/h9H,7-8H2,1-6H3,(H,16,17,18). The Bertz CT molecular complexity index is 500. The molecule has 114 valence electrons. The van der Waals surface area contributed by atoms with Gasteiger partial charge in [0.05, 0.1) is 0 Å². The van der Waals surface area contributed by atoms with Crippen LogP contribution in [0.4, 0.5) is 5.82 Å². The number of rotatable bonds is 5. The highest BCUT2D eigenvalue weighted by Crippen LogP contribution is 2.26. The van der Waals surface area contributed by atoms with Gasteiger partial charge in [0.1, 0.15) is 16.8 Å². The Morgan fingerprint density at radius 3 is 2.45 bits per heavy atom. The molecule has 4 nitrogen and oxygen atoms in total. The molecule has 0 aliphatic carbocycles. The maximum absolute atomic E-state index is 11.3. The summed E-state index contributed by atoms with van der Waals surface area (Å²) in [7, 11) is -0.795. The van der Waals surface area contributed by atoms with Crippen LogP contribution in [0.15, 0.2) is 0 Å². The normalized spacial score (nSPS) is 14.9. The van der Waals surface area contributed by atoms with Crippen LogP contribution in [0.3, 0.4) is 0 Å². The summed E-state index contributed by atoms with van der Waals surface area (Å²) in [6.45, 7) is 10.8. The van der Waals surface area contributed by atoms with Gasteiger partial charge in [-0.15, -0.1) is 0 Å². The van der Waals surface area contributed by atoms with E-state index in [-0.39, 0.29) is 10.7 Å². The van der Waals surface area contributed by atoms with Crippen molar-refractivity contribution in [2.75, 3.05) is 18.1 Å². The Kier molecular flexibility index (Phi) is 5.95. The van der Waals surface area contributed by atoms with E-state index < -0.39 is 10.8 Å². The molecule has 1 rings (SSSR count). The summed E-state index contributed by atoms with van der Waals surface area (Å²) in [6.07, 6.45) is 2.56. The molecule has 0 bridgehead atoms. The molecule has 0 saturated carbocycles. The van der Waals surface area contributed by atoms with Crippen LogP contribution in [0.1, 0.15) is 45.5 Å². The average Bonchev–Trinajstić information content (AvgIpc) is 2.32. The van der Waals surface area contributed by atoms with Crippen LogP contribution in [0, 0.1) is 6.92 Å². The van der Waals surface area contributed by atoms with Crippen molar-refractivity contribution in [3.05, 3.63) is 16.5 Å². The molecule has 2 unspecified atom stereocenters. The Morgan fingerprint density at radius 2 is 1.95 bits per heavy atom. The van der Waals surface area contributed by atoms with Crippen LogP contribution in [-0.2, 0) is 16.2 Å². The van der Waals surface area contributed by atoms with E-state index in [1.807, 2.05) is 13.8 Å². The van der Waals surface area contributed by atoms with E-state index in [9.17, 15) is 4.21 Å². The predicted molar refractivity (Wildman–Crippen MR) is 87.1 cm³/mol. The molecule has 1 aromatic heterocycles. The lowest BCUT2D eigenvalue weighted by Gasteiger charge is -2.19. The average molecular weight is 318 g/mol. The molecular formula is C14H24ClN3OS. The van der Waals surface area contributed by atoms with Gasteiger partial charge in [-0.25, -0.2) is 9.97 Å². The zero-order chi connectivity index (χ0) is 15.5. The topological polar surface area (TPSA) is 54.9 Å². The lowest BCUT2D eigenvalue weighted by Crippen LogP contribution is -2.20. The van der Waals surface area contributed by atoms with E-state index in [0.29, 0.717) is 5.15 Å². The van der Waals surface area contributed by atoms with Gasteiger partial charge in [0.2, 0.25) is 0 Å². The molecule has 0 fully saturated rings. The summed E-state index contributed by atoms with van der Waals surface area (Å²) in [5, 5.41) is 3.94. The van der Waals surface area contributed by atoms with Crippen molar-refractivity contribution in [2.45, 2.75) is 51.7 Å². The molecular weight excluding hydrogens is 294 g/mol. The van der Waals surface area contributed by atoms with Gasteiger partial charge in [-0.05, 0) is 13.3 Å². The third kappa shape index (κ3) is 4.70. The highest BCUT2D eigenvalue weighted by atomic mass is 35.5. The molecule has 0 aromatic carbocycles. The number of anilines is 1. The van der Waals surface area contributed by atoms with Crippen molar-refractivity contribution >= 4 is 28.2 Å². The number of aromatic nitrogens is 2. The van der Waals surface area contributed by atoms with Crippen molar-refractivity contribution in [3.8, 4) is 0 Å². The molecule has 0 spiro atoms. The summed E-state index contributed by atoms with van der Waals surface area (Å²) in [5.41, 5.74) is 0.705. The lowest BCUT2D eigenvalue weighted by atomic mass is 9.95. The van der Waals surface area contributed by atoms with Crippen LogP contribution in [0.5, 0.6) is 0 Å². The van der Waals surface area contributed by atoms with E-state index in [1.54, 1.807) is 6.26 Å². The first-order chi connectivity index (χ1) is 9.12. The second-order valence-corrected chi connectivity index (χ2v) is 8.25. The Morgan fingerprint density at radius 1 is 1.35 bits per heavy atom. The maximum atomic E-state index is 11.3. The molecule has 0 amide bonds. The van der Waals surface area contributed by atoms with Gasteiger partial charge in [0.15, 0.2) is 0 Å². The zero-order valence-electron chi connectivity index (χ0n) is 13.1. The van der Waals surface area contributed by atoms with Gasteiger partial charge >= 0.3 is 0 Å². The monoisotopic (exact) mass is 317 g/mol. The molecule has 0 aliphatic heterocycles. The highest BCUT2D eigenvalue weighted by Gasteiger charge is 2.20. The van der Waals surface area contributed by atoms with E-state index in [0.717, 1.165) is 30.2 Å². The molecule has 1 heterocycles. The van der Waals surface area contributed by atoms with Crippen molar-refractivity contribution in [1.29, 1.82) is 0 Å². The van der Waals surface area contributed by atoms with Gasteiger partial charge in [0.25, 0.3) is 0 Å². The SMILES string of the molecule is Cc1c(Cl)nc(C(C)(C)C)nc1NCCC(C)S(C)=O. The fourth-order valence-corrected chi connectivity index (χ4v) is 2.18. The van der Waals surface area contributed by atoms with Crippen molar-refractivity contribution in [1.82, 2.24) is 9.97 Å². The van der Waals surface area contributed by atoms with Crippen LogP contribution >= 0.6 is 11.6 Å².